The SMILES string of the molecule is CC1(C)C(NCC(O)CO)[C@]2(C)CC[C@H]1C2. The molecule has 2 fully saturated rings. The lowest BCUT2D eigenvalue weighted by Gasteiger charge is -2.43. The zero-order chi connectivity index (χ0) is 12.0. The molecule has 0 aromatic heterocycles. The molecule has 3 N–H and O–H groups in total. The molecule has 0 aliphatic heterocycles. The lowest BCUT2D eigenvalue weighted by molar-refractivity contribution is 0.0626. The summed E-state index contributed by atoms with van der Waals surface area (Å²) in [7, 11) is 0. The van der Waals surface area contributed by atoms with Gasteiger partial charge in [-0.1, -0.05) is 20.8 Å². The van der Waals surface area contributed by atoms with Crippen molar-refractivity contribution in [1.29, 1.82) is 0 Å². The highest BCUT2D eigenvalue weighted by Gasteiger charge is 2.58. The molecule has 4 atom stereocenters. The van der Waals surface area contributed by atoms with Gasteiger partial charge in [-0.3, -0.25) is 0 Å². The second-order valence-electron chi connectivity index (χ2n) is 6.59. The number of hydrogen-bond donors (Lipinski definition) is 3. The van der Waals surface area contributed by atoms with Gasteiger partial charge in [-0.2, -0.15) is 0 Å². The van der Waals surface area contributed by atoms with Gasteiger partial charge >= 0.3 is 0 Å². The molecule has 16 heavy (non-hydrogen) atoms. The summed E-state index contributed by atoms with van der Waals surface area (Å²) in [6, 6.07) is 0.472. The number of hydrogen-bond acceptors (Lipinski definition) is 3. The Kier molecular flexibility index (Phi) is 3.06. The Morgan fingerprint density at radius 3 is 2.56 bits per heavy atom. The van der Waals surface area contributed by atoms with E-state index in [1.165, 1.54) is 19.3 Å². The largest absolute Gasteiger partial charge is 0.394 e. The van der Waals surface area contributed by atoms with E-state index in [1.54, 1.807) is 0 Å². The Labute approximate surface area is 98.2 Å². The van der Waals surface area contributed by atoms with E-state index in [0.29, 0.717) is 23.4 Å². The van der Waals surface area contributed by atoms with Crippen molar-refractivity contribution in [3.8, 4) is 0 Å². The maximum Gasteiger partial charge on any atom is 0.0895 e. The number of nitrogens with one attached hydrogen (secondary N) is 1. The third-order valence-corrected chi connectivity index (χ3v) is 5.04. The van der Waals surface area contributed by atoms with Gasteiger partial charge in [0, 0.05) is 12.6 Å². The Hall–Kier alpha value is -0.120. The van der Waals surface area contributed by atoms with Crippen molar-refractivity contribution in [2.45, 2.75) is 52.2 Å². The van der Waals surface area contributed by atoms with E-state index in [2.05, 4.69) is 26.1 Å². The van der Waals surface area contributed by atoms with Crippen molar-refractivity contribution in [3.05, 3.63) is 0 Å². The van der Waals surface area contributed by atoms with Crippen LogP contribution < -0.4 is 5.32 Å². The maximum absolute atomic E-state index is 9.43. The van der Waals surface area contributed by atoms with Crippen molar-refractivity contribution < 1.29 is 10.2 Å². The van der Waals surface area contributed by atoms with Gasteiger partial charge in [-0.15, -0.1) is 0 Å². The highest BCUT2D eigenvalue weighted by Crippen LogP contribution is 2.62. The summed E-state index contributed by atoms with van der Waals surface area (Å²) in [6.07, 6.45) is 3.34. The highest BCUT2D eigenvalue weighted by molar-refractivity contribution is 5.12. The molecule has 94 valence electrons. The van der Waals surface area contributed by atoms with Crippen molar-refractivity contribution in [1.82, 2.24) is 5.32 Å². The van der Waals surface area contributed by atoms with Crippen LogP contribution in [0.4, 0.5) is 0 Å². The zero-order valence-corrected chi connectivity index (χ0v) is 10.7. The molecule has 0 radical (unpaired) electrons. The van der Waals surface area contributed by atoms with Gasteiger partial charge in [0.05, 0.1) is 12.7 Å². The first-order valence-electron chi connectivity index (χ1n) is 6.42. The fourth-order valence-corrected chi connectivity index (χ4v) is 4.13. The molecule has 2 aliphatic carbocycles. The average Bonchev–Trinajstić information content (AvgIpc) is 2.68. The third kappa shape index (κ3) is 1.79. The summed E-state index contributed by atoms with van der Waals surface area (Å²) in [5.74, 6) is 0.821. The zero-order valence-electron chi connectivity index (χ0n) is 10.7. The molecule has 0 saturated heterocycles. The van der Waals surface area contributed by atoms with Gasteiger partial charge in [-0.05, 0) is 36.0 Å². The minimum Gasteiger partial charge on any atom is -0.394 e. The van der Waals surface area contributed by atoms with Crippen molar-refractivity contribution in [3.63, 3.8) is 0 Å². The normalized spacial score (nSPS) is 42.6. The quantitative estimate of drug-likeness (QED) is 0.675. The van der Waals surface area contributed by atoms with Gasteiger partial charge in [0.15, 0.2) is 0 Å². The van der Waals surface area contributed by atoms with E-state index in [0.717, 1.165) is 5.92 Å². The lowest BCUT2D eigenvalue weighted by atomic mass is 9.68. The fourth-order valence-electron chi connectivity index (χ4n) is 4.13. The molecule has 0 heterocycles. The van der Waals surface area contributed by atoms with Crippen LogP contribution in [0.5, 0.6) is 0 Å². The van der Waals surface area contributed by atoms with Crippen LogP contribution in [0.1, 0.15) is 40.0 Å². The average molecular weight is 227 g/mol. The van der Waals surface area contributed by atoms with Crippen LogP contribution in [0.3, 0.4) is 0 Å². The summed E-state index contributed by atoms with van der Waals surface area (Å²) in [5, 5.41) is 21.8. The third-order valence-electron chi connectivity index (χ3n) is 5.04. The van der Waals surface area contributed by atoms with E-state index in [-0.39, 0.29) is 6.61 Å². The Balaban J connectivity index is 2.02. The van der Waals surface area contributed by atoms with Gasteiger partial charge < -0.3 is 15.5 Å². The summed E-state index contributed by atoms with van der Waals surface area (Å²) in [5.41, 5.74) is 0.714. The van der Waals surface area contributed by atoms with Crippen molar-refractivity contribution in [2.24, 2.45) is 16.7 Å². The van der Waals surface area contributed by atoms with E-state index in [9.17, 15) is 5.11 Å². The Morgan fingerprint density at radius 2 is 2.06 bits per heavy atom. The van der Waals surface area contributed by atoms with Crippen LogP contribution in [0.15, 0.2) is 0 Å². The smallest absolute Gasteiger partial charge is 0.0895 e. The van der Waals surface area contributed by atoms with E-state index in [1.807, 2.05) is 0 Å². The topological polar surface area (TPSA) is 52.5 Å². The predicted molar refractivity (Wildman–Crippen MR) is 64.1 cm³/mol. The second-order valence-corrected chi connectivity index (χ2v) is 6.59. The first-order valence-corrected chi connectivity index (χ1v) is 6.42. The lowest BCUT2D eigenvalue weighted by Crippen LogP contribution is -2.52. The molecule has 2 aliphatic rings. The van der Waals surface area contributed by atoms with Gasteiger partial charge in [0.25, 0.3) is 0 Å². The summed E-state index contributed by atoms with van der Waals surface area (Å²) < 4.78 is 0. The molecule has 0 spiro atoms. The monoisotopic (exact) mass is 227 g/mol. The van der Waals surface area contributed by atoms with Gasteiger partial charge in [0.2, 0.25) is 0 Å². The van der Waals surface area contributed by atoms with Crippen LogP contribution in [0, 0.1) is 16.7 Å². The molecule has 2 rings (SSSR count). The number of fused-ring (bicyclic) bond motifs is 2. The number of rotatable bonds is 4. The van der Waals surface area contributed by atoms with E-state index in [4.69, 9.17) is 5.11 Å². The molecule has 2 bridgehead atoms. The van der Waals surface area contributed by atoms with Crippen molar-refractivity contribution in [2.75, 3.05) is 13.2 Å². The van der Waals surface area contributed by atoms with Crippen LogP contribution in [-0.4, -0.2) is 35.5 Å². The second kappa shape index (κ2) is 3.97. The summed E-state index contributed by atoms with van der Waals surface area (Å²) in [6.45, 7) is 7.40. The first kappa shape index (κ1) is 12.3. The molecule has 0 aromatic rings. The molecule has 0 aromatic carbocycles. The Morgan fingerprint density at radius 1 is 1.38 bits per heavy atom. The standard InChI is InChI=1S/C13H25NO2/c1-12(2)9-4-5-13(3,6-9)11(12)14-7-10(16)8-15/h9-11,14-16H,4-8H2,1-3H3/t9-,10?,11?,13+/m0/s1. The van der Waals surface area contributed by atoms with Crippen LogP contribution >= 0.6 is 0 Å². The van der Waals surface area contributed by atoms with Crippen LogP contribution in [0.25, 0.3) is 0 Å². The van der Waals surface area contributed by atoms with Crippen LogP contribution in [0.2, 0.25) is 0 Å². The fraction of sp³-hybridized carbons (Fsp3) is 1.00. The Bertz CT molecular complexity index is 262. The van der Waals surface area contributed by atoms with Crippen LogP contribution in [-0.2, 0) is 0 Å². The predicted octanol–water partition coefficient (Wildman–Crippen LogP) is 1.14. The molecular formula is C13H25NO2. The minimum atomic E-state index is -0.626. The summed E-state index contributed by atoms with van der Waals surface area (Å²) >= 11 is 0. The van der Waals surface area contributed by atoms with E-state index < -0.39 is 6.10 Å². The first-order chi connectivity index (χ1) is 7.40. The molecule has 2 unspecified atom stereocenters. The van der Waals surface area contributed by atoms with Gasteiger partial charge in [0.1, 0.15) is 0 Å². The summed E-state index contributed by atoms with van der Waals surface area (Å²) in [4.78, 5) is 0. The van der Waals surface area contributed by atoms with E-state index >= 15 is 0 Å². The molecule has 3 heteroatoms. The van der Waals surface area contributed by atoms with Gasteiger partial charge in [-0.25, -0.2) is 0 Å². The highest BCUT2D eigenvalue weighted by atomic mass is 16.3. The minimum absolute atomic E-state index is 0.152. The molecule has 2 saturated carbocycles. The number of aliphatic hydroxyl groups is 2. The van der Waals surface area contributed by atoms with Crippen molar-refractivity contribution >= 4 is 0 Å². The number of aliphatic hydroxyl groups excluding tert-OH is 2. The molecular weight excluding hydrogens is 202 g/mol. The molecule has 0 amide bonds. The molecule has 3 nitrogen and oxygen atoms in total. The maximum atomic E-state index is 9.43.